The Morgan fingerprint density at radius 3 is 2.48 bits per heavy atom. The van der Waals surface area contributed by atoms with Gasteiger partial charge in [0.25, 0.3) is 0 Å². The third-order valence-corrected chi connectivity index (χ3v) is 9.56. The minimum absolute atomic E-state index is 0.201. The quantitative estimate of drug-likeness (QED) is 0.380. The maximum atomic E-state index is 11.6. The van der Waals surface area contributed by atoms with E-state index in [9.17, 15) is 4.79 Å². The standard InChI is InChI=1S/C18H34O4Si/c1-8-20-17(19)22-16-10-9-14(2)13-15(16)11-12-21-23(6,7)18(3,4)5/h9-10,14-16H,8,11-13H2,1-7H3/t14-,15+,16-/m1/s1. The molecule has 0 saturated carbocycles. The molecule has 0 aromatic rings. The molecule has 3 atom stereocenters. The molecular formula is C18H34O4Si. The van der Waals surface area contributed by atoms with Crippen molar-refractivity contribution in [2.24, 2.45) is 11.8 Å². The third-order valence-electron chi connectivity index (χ3n) is 5.02. The smallest absolute Gasteiger partial charge is 0.435 e. The molecule has 0 aromatic heterocycles. The Balaban J connectivity index is 2.58. The van der Waals surface area contributed by atoms with Crippen LogP contribution in [0.5, 0.6) is 0 Å². The number of hydrogen-bond acceptors (Lipinski definition) is 4. The van der Waals surface area contributed by atoms with Gasteiger partial charge in [0.1, 0.15) is 6.10 Å². The van der Waals surface area contributed by atoms with Crippen LogP contribution >= 0.6 is 0 Å². The van der Waals surface area contributed by atoms with Gasteiger partial charge in [-0.15, -0.1) is 0 Å². The molecule has 0 aromatic carbocycles. The van der Waals surface area contributed by atoms with Crippen LogP contribution in [0.25, 0.3) is 0 Å². The minimum atomic E-state index is -1.72. The lowest BCUT2D eigenvalue weighted by molar-refractivity contribution is 0.0123. The predicted octanol–water partition coefficient (Wildman–Crippen LogP) is 5.15. The van der Waals surface area contributed by atoms with Crippen molar-refractivity contribution in [1.82, 2.24) is 0 Å². The Morgan fingerprint density at radius 1 is 1.26 bits per heavy atom. The second-order valence-corrected chi connectivity index (χ2v) is 12.8. The molecule has 0 amide bonds. The summed E-state index contributed by atoms with van der Waals surface area (Å²) < 4.78 is 16.6. The maximum absolute atomic E-state index is 11.6. The Morgan fingerprint density at radius 2 is 1.91 bits per heavy atom. The number of rotatable bonds is 6. The van der Waals surface area contributed by atoms with Crippen molar-refractivity contribution in [3.63, 3.8) is 0 Å². The first-order valence-electron chi connectivity index (χ1n) is 8.72. The summed E-state index contributed by atoms with van der Waals surface area (Å²) in [6, 6.07) is 0. The Bertz CT molecular complexity index is 412. The van der Waals surface area contributed by atoms with Crippen LogP contribution in [-0.2, 0) is 13.9 Å². The predicted molar refractivity (Wildman–Crippen MR) is 96.1 cm³/mol. The first-order valence-corrected chi connectivity index (χ1v) is 11.6. The van der Waals surface area contributed by atoms with Gasteiger partial charge in [0.15, 0.2) is 8.32 Å². The Hall–Kier alpha value is -0.813. The van der Waals surface area contributed by atoms with Crippen LogP contribution in [-0.4, -0.2) is 33.8 Å². The molecule has 0 unspecified atom stereocenters. The summed E-state index contributed by atoms with van der Waals surface area (Å²) in [5.41, 5.74) is 0. The largest absolute Gasteiger partial charge is 0.508 e. The number of ether oxygens (including phenoxy) is 2. The maximum Gasteiger partial charge on any atom is 0.508 e. The SMILES string of the molecule is CCOC(=O)O[C@@H]1C=C[C@@H](C)C[C@@H]1CCO[Si](C)(C)C(C)(C)C. The molecule has 0 spiro atoms. The van der Waals surface area contributed by atoms with Gasteiger partial charge in [0, 0.05) is 12.5 Å². The minimum Gasteiger partial charge on any atom is -0.435 e. The van der Waals surface area contributed by atoms with Crippen molar-refractivity contribution in [3.8, 4) is 0 Å². The lowest BCUT2D eigenvalue weighted by atomic mass is 9.84. The summed E-state index contributed by atoms with van der Waals surface area (Å²) in [5, 5.41) is 0.216. The molecule has 0 bridgehead atoms. The van der Waals surface area contributed by atoms with E-state index in [0.717, 1.165) is 19.4 Å². The van der Waals surface area contributed by atoms with Crippen molar-refractivity contribution < 1.29 is 18.7 Å². The molecular weight excluding hydrogens is 308 g/mol. The van der Waals surface area contributed by atoms with Crippen LogP contribution in [0.3, 0.4) is 0 Å². The monoisotopic (exact) mass is 342 g/mol. The van der Waals surface area contributed by atoms with Crippen molar-refractivity contribution in [2.75, 3.05) is 13.2 Å². The Labute approximate surface area is 142 Å². The van der Waals surface area contributed by atoms with Crippen molar-refractivity contribution >= 4 is 14.5 Å². The molecule has 0 N–H and O–H groups in total. The lowest BCUT2D eigenvalue weighted by Gasteiger charge is -2.37. The molecule has 0 aliphatic heterocycles. The van der Waals surface area contributed by atoms with Gasteiger partial charge < -0.3 is 13.9 Å². The summed E-state index contributed by atoms with van der Waals surface area (Å²) in [6.07, 6.45) is 5.27. The normalized spacial score (nSPS) is 25.3. The van der Waals surface area contributed by atoms with Gasteiger partial charge in [-0.1, -0.05) is 33.8 Å². The van der Waals surface area contributed by atoms with Crippen LogP contribution in [0.2, 0.25) is 18.1 Å². The fourth-order valence-electron chi connectivity index (χ4n) is 2.51. The average molecular weight is 343 g/mol. The fourth-order valence-corrected chi connectivity index (χ4v) is 3.57. The summed E-state index contributed by atoms with van der Waals surface area (Å²) >= 11 is 0. The van der Waals surface area contributed by atoms with Crippen molar-refractivity contribution in [2.45, 2.75) is 71.7 Å². The highest BCUT2D eigenvalue weighted by molar-refractivity contribution is 6.74. The fraction of sp³-hybridized carbons (Fsp3) is 0.833. The van der Waals surface area contributed by atoms with E-state index in [4.69, 9.17) is 13.9 Å². The molecule has 0 fully saturated rings. The van der Waals surface area contributed by atoms with Crippen LogP contribution in [0.1, 0.15) is 47.5 Å². The molecule has 134 valence electrons. The van der Waals surface area contributed by atoms with Gasteiger partial charge >= 0.3 is 6.16 Å². The van der Waals surface area contributed by atoms with E-state index in [1.807, 2.05) is 6.08 Å². The zero-order valence-corrected chi connectivity index (χ0v) is 16.8. The second kappa shape index (κ2) is 8.33. The first kappa shape index (κ1) is 20.2. The van der Waals surface area contributed by atoms with E-state index < -0.39 is 14.5 Å². The highest BCUT2D eigenvalue weighted by Crippen LogP contribution is 2.37. The van der Waals surface area contributed by atoms with Gasteiger partial charge in [-0.2, -0.15) is 0 Å². The summed E-state index contributed by atoms with van der Waals surface area (Å²) in [7, 11) is -1.72. The molecule has 1 aliphatic carbocycles. The van der Waals surface area contributed by atoms with Crippen LogP contribution in [0.15, 0.2) is 12.2 Å². The molecule has 23 heavy (non-hydrogen) atoms. The summed E-state index contributed by atoms with van der Waals surface area (Å²) in [6.45, 7) is 16.3. The van der Waals surface area contributed by atoms with E-state index in [1.54, 1.807) is 6.92 Å². The zero-order chi connectivity index (χ0) is 17.7. The zero-order valence-electron chi connectivity index (χ0n) is 15.8. The topological polar surface area (TPSA) is 44.8 Å². The molecule has 4 nitrogen and oxygen atoms in total. The van der Waals surface area contributed by atoms with Gasteiger partial charge in [-0.25, -0.2) is 4.79 Å². The molecule has 1 aliphatic rings. The van der Waals surface area contributed by atoms with E-state index >= 15 is 0 Å². The van der Waals surface area contributed by atoms with Crippen molar-refractivity contribution in [1.29, 1.82) is 0 Å². The third kappa shape index (κ3) is 6.30. The van der Waals surface area contributed by atoms with Gasteiger partial charge in [-0.05, 0) is 49.9 Å². The molecule has 5 heteroatoms. The molecule has 0 radical (unpaired) electrons. The van der Waals surface area contributed by atoms with Crippen molar-refractivity contribution in [3.05, 3.63) is 12.2 Å². The first-order chi connectivity index (χ1) is 10.6. The van der Waals surface area contributed by atoms with Crippen LogP contribution < -0.4 is 0 Å². The van der Waals surface area contributed by atoms with Gasteiger partial charge in [0.2, 0.25) is 0 Å². The van der Waals surface area contributed by atoms with Crippen LogP contribution in [0, 0.1) is 11.8 Å². The highest BCUT2D eigenvalue weighted by atomic mass is 28.4. The van der Waals surface area contributed by atoms with E-state index in [0.29, 0.717) is 18.4 Å². The van der Waals surface area contributed by atoms with E-state index in [-0.39, 0.29) is 11.1 Å². The Kier molecular flexibility index (Phi) is 7.33. The highest BCUT2D eigenvalue weighted by Gasteiger charge is 2.37. The van der Waals surface area contributed by atoms with Gasteiger partial charge in [-0.3, -0.25) is 0 Å². The van der Waals surface area contributed by atoms with E-state index in [1.165, 1.54) is 0 Å². The lowest BCUT2D eigenvalue weighted by Crippen LogP contribution is -2.41. The number of carbonyl (C=O) groups excluding carboxylic acids is 1. The summed E-state index contributed by atoms with van der Waals surface area (Å²) in [4.78, 5) is 11.6. The summed E-state index contributed by atoms with van der Waals surface area (Å²) in [5.74, 6) is 0.805. The second-order valence-electron chi connectivity index (χ2n) is 8.02. The molecule has 1 rings (SSSR count). The van der Waals surface area contributed by atoms with Crippen LogP contribution in [0.4, 0.5) is 4.79 Å². The number of allylic oxidation sites excluding steroid dienone is 1. The number of hydrogen-bond donors (Lipinski definition) is 0. The molecule has 0 heterocycles. The molecule has 0 saturated heterocycles. The van der Waals surface area contributed by atoms with Gasteiger partial charge in [0.05, 0.1) is 6.61 Å². The van der Waals surface area contributed by atoms with E-state index in [2.05, 4.69) is 46.9 Å². The average Bonchev–Trinajstić information content (AvgIpc) is 2.40. The number of carbonyl (C=O) groups is 1.